The Bertz CT molecular complexity index is 721. The van der Waals surface area contributed by atoms with Gasteiger partial charge < -0.3 is 0 Å². The minimum absolute atomic E-state index is 0.212. The van der Waals surface area contributed by atoms with Gasteiger partial charge in [-0.15, -0.1) is 0 Å². The van der Waals surface area contributed by atoms with Crippen molar-refractivity contribution >= 4 is 15.9 Å². The lowest BCUT2D eigenvalue weighted by Gasteiger charge is -2.28. The van der Waals surface area contributed by atoms with Gasteiger partial charge in [-0.1, -0.05) is 18.9 Å². The number of hydrogen-bond acceptors (Lipinski definition) is 4. The predicted octanol–water partition coefficient (Wildman–Crippen LogP) is 2.30. The zero-order valence-electron chi connectivity index (χ0n) is 14.8. The van der Waals surface area contributed by atoms with E-state index in [2.05, 4.69) is 5.43 Å². The Labute approximate surface area is 150 Å². The molecule has 1 N–H and O–H groups in total. The molecule has 0 atom stereocenters. The first-order valence-electron chi connectivity index (χ1n) is 9.15. The topological polar surface area (TPSA) is 69.7 Å². The molecule has 2 aliphatic heterocycles. The number of amides is 1. The molecule has 0 aromatic heterocycles. The molecule has 2 saturated heterocycles. The lowest BCUT2D eigenvalue weighted by atomic mass is 10.1. The van der Waals surface area contributed by atoms with Crippen molar-refractivity contribution in [3.63, 3.8) is 0 Å². The van der Waals surface area contributed by atoms with Crippen LogP contribution in [0.15, 0.2) is 23.1 Å². The lowest BCUT2D eigenvalue weighted by Crippen LogP contribution is -2.45. The Morgan fingerprint density at radius 1 is 0.960 bits per heavy atom. The molecule has 0 radical (unpaired) electrons. The first-order chi connectivity index (χ1) is 12.0. The van der Waals surface area contributed by atoms with Crippen LogP contribution >= 0.6 is 0 Å². The van der Waals surface area contributed by atoms with Crippen LogP contribution in [0.3, 0.4) is 0 Å². The predicted molar refractivity (Wildman–Crippen MR) is 96.7 cm³/mol. The summed E-state index contributed by atoms with van der Waals surface area (Å²) in [4.78, 5) is 12.8. The first kappa shape index (κ1) is 18.4. The monoisotopic (exact) mass is 365 g/mol. The van der Waals surface area contributed by atoms with E-state index in [1.807, 2.05) is 11.9 Å². The number of piperidine rings is 2. The van der Waals surface area contributed by atoms with Crippen molar-refractivity contribution in [3.8, 4) is 0 Å². The number of aryl methyl sites for hydroxylation is 1. The number of hydrogen-bond donors (Lipinski definition) is 1. The van der Waals surface area contributed by atoms with Crippen LogP contribution < -0.4 is 5.43 Å². The zero-order valence-corrected chi connectivity index (χ0v) is 15.6. The molecule has 2 heterocycles. The average Bonchev–Trinajstić information content (AvgIpc) is 2.63. The van der Waals surface area contributed by atoms with Crippen LogP contribution in [0.4, 0.5) is 0 Å². The molecular formula is C18H27N3O3S. The van der Waals surface area contributed by atoms with Crippen LogP contribution in [0.2, 0.25) is 0 Å². The van der Waals surface area contributed by atoms with Gasteiger partial charge in [-0.2, -0.15) is 4.31 Å². The number of carbonyl (C=O) groups is 1. The fourth-order valence-electron chi connectivity index (χ4n) is 3.47. The summed E-state index contributed by atoms with van der Waals surface area (Å²) < 4.78 is 27.2. The van der Waals surface area contributed by atoms with Crippen molar-refractivity contribution in [3.05, 3.63) is 29.3 Å². The minimum Gasteiger partial charge on any atom is -0.285 e. The van der Waals surface area contributed by atoms with Gasteiger partial charge >= 0.3 is 0 Å². The Morgan fingerprint density at radius 3 is 2.20 bits per heavy atom. The second kappa shape index (κ2) is 7.85. The molecule has 2 fully saturated rings. The molecule has 3 rings (SSSR count). The summed E-state index contributed by atoms with van der Waals surface area (Å²) in [5, 5.41) is 1.93. The van der Waals surface area contributed by atoms with Crippen LogP contribution in [0.1, 0.15) is 54.4 Å². The molecule has 0 bridgehead atoms. The Hall–Kier alpha value is -1.44. The van der Waals surface area contributed by atoms with Gasteiger partial charge in [0.05, 0.1) is 4.90 Å². The second-order valence-corrected chi connectivity index (χ2v) is 8.87. The number of nitrogens with zero attached hydrogens (tertiary/aromatic N) is 2. The summed E-state index contributed by atoms with van der Waals surface area (Å²) in [6, 6.07) is 4.86. The highest BCUT2D eigenvalue weighted by Gasteiger charge is 2.27. The van der Waals surface area contributed by atoms with Crippen molar-refractivity contribution in [1.29, 1.82) is 0 Å². The third-order valence-corrected chi connectivity index (χ3v) is 6.92. The third-order valence-electron chi connectivity index (χ3n) is 5.02. The van der Waals surface area contributed by atoms with E-state index in [-0.39, 0.29) is 10.8 Å². The molecule has 1 aromatic rings. The average molecular weight is 365 g/mol. The smallest absolute Gasteiger partial charge is 0.265 e. The highest BCUT2D eigenvalue weighted by Crippen LogP contribution is 2.23. The molecule has 7 heteroatoms. The molecular weight excluding hydrogens is 338 g/mol. The lowest BCUT2D eigenvalue weighted by molar-refractivity contribution is 0.0749. The molecule has 6 nitrogen and oxygen atoms in total. The molecule has 0 spiro atoms. The second-order valence-electron chi connectivity index (χ2n) is 6.93. The Balaban J connectivity index is 1.80. The number of carbonyl (C=O) groups excluding carboxylic acids is 1. The van der Waals surface area contributed by atoms with E-state index >= 15 is 0 Å². The quantitative estimate of drug-likeness (QED) is 0.889. The molecule has 2 aliphatic rings. The largest absolute Gasteiger partial charge is 0.285 e. The van der Waals surface area contributed by atoms with Gasteiger partial charge in [0.1, 0.15) is 0 Å². The van der Waals surface area contributed by atoms with Crippen molar-refractivity contribution < 1.29 is 13.2 Å². The minimum atomic E-state index is -3.53. The highest BCUT2D eigenvalue weighted by molar-refractivity contribution is 7.89. The van der Waals surface area contributed by atoms with Gasteiger partial charge in [0.15, 0.2) is 0 Å². The maximum atomic E-state index is 12.8. The Morgan fingerprint density at radius 2 is 1.56 bits per heavy atom. The molecule has 1 amide bonds. The van der Waals surface area contributed by atoms with Gasteiger partial charge in [0, 0.05) is 31.7 Å². The maximum absolute atomic E-state index is 12.8. The van der Waals surface area contributed by atoms with E-state index < -0.39 is 10.0 Å². The fourth-order valence-corrected chi connectivity index (χ4v) is 5.01. The van der Waals surface area contributed by atoms with Crippen molar-refractivity contribution in [1.82, 2.24) is 14.7 Å². The molecule has 0 saturated carbocycles. The molecule has 25 heavy (non-hydrogen) atoms. The van der Waals surface area contributed by atoms with Crippen LogP contribution in [0.5, 0.6) is 0 Å². The zero-order chi connectivity index (χ0) is 17.9. The first-order valence-corrected chi connectivity index (χ1v) is 10.6. The van der Waals surface area contributed by atoms with E-state index in [0.29, 0.717) is 18.7 Å². The molecule has 0 aliphatic carbocycles. The summed E-state index contributed by atoms with van der Waals surface area (Å²) in [6.07, 6.45) is 6.20. The number of benzene rings is 1. The Kier molecular flexibility index (Phi) is 5.76. The van der Waals surface area contributed by atoms with E-state index in [1.54, 1.807) is 12.1 Å². The SMILES string of the molecule is Cc1ccc(S(=O)(=O)N2CCCCC2)cc1C(=O)NN1CCCCC1. The van der Waals surface area contributed by atoms with Crippen molar-refractivity contribution in [2.75, 3.05) is 26.2 Å². The summed E-state index contributed by atoms with van der Waals surface area (Å²) in [5.41, 5.74) is 4.14. The fraction of sp³-hybridized carbons (Fsp3) is 0.611. The summed E-state index contributed by atoms with van der Waals surface area (Å²) in [6.45, 7) is 4.65. The van der Waals surface area contributed by atoms with Gasteiger partial charge in [0.25, 0.3) is 5.91 Å². The molecule has 1 aromatic carbocycles. The number of sulfonamides is 1. The summed E-state index contributed by atoms with van der Waals surface area (Å²) in [7, 11) is -3.53. The van der Waals surface area contributed by atoms with Crippen molar-refractivity contribution in [2.45, 2.75) is 50.3 Å². The maximum Gasteiger partial charge on any atom is 0.265 e. The number of rotatable bonds is 4. The molecule has 138 valence electrons. The number of nitrogens with one attached hydrogen (secondary N) is 1. The van der Waals surface area contributed by atoms with E-state index in [4.69, 9.17) is 0 Å². The van der Waals surface area contributed by atoms with Crippen LogP contribution in [-0.4, -0.2) is 49.8 Å². The van der Waals surface area contributed by atoms with Gasteiger partial charge in [-0.05, 0) is 50.3 Å². The third kappa shape index (κ3) is 4.22. The van der Waals surface area contributed by atoms with Gasteiger partial charge in [-0.3, -0.25) is 10.2 Å². The standard InChI is InChI=1S/C18H27N3O3S/c1-15-8-9-16(25(23,24)21-12-6-3-7-13-21)14-17(15)18(22)19-20-10-4-2-5-11-20/h8-9,14H,2-7,10-13H2,1H3,(H,19,22). The van der Waals surface area contributed by atoms with Crippen molar-refractivity contribution in [2.24, 2.45) is 0 Å². The normalized spacial score (nSPS) is 20.4. The van der Waals surface area contributed by atoms with Gasteiger partial charge in [0.2, 0.25) is 10.0 Å². The number of hydrazine groups is 1. The van der Waals surface area contributed by atoms with Gasteiger partial charge in [-0.25, -0.2) is 13.4 Å². The van der Waals surface area contributed by atoms with Crippen LogP contribution in [-0.2, 0) is 10.0 Å². The summed E-state index contributed by atoms with van der Waals surface area (Å²) >= 11 is 0. The van der Waals surface area contributed by atoms with Crippen LogP contribution in [0, 0.1) is 6.92 Å². The van der Waals surface area contributed by atoms with E-state index in [1.165, 1.54) is 16.8 Å². The summed E-state index contributed by atoms with van der Waals surface area (Å²) in [5.74, 6) is -0.227. The highest BCUT2D eigenvalue weighted by atomic mass is 32.2. The van der Waals surface area contributed by atoms with E-state index in [0.717, 1.165) is 50.8 Å². The van der Waals surface area contributed by atoms with Crippen LogP contribution in [0.25, 0.3) is 0 Å². The molecule has 0 unspecified atom stereocenters. The van der Waals surface area contributed by atoms with E-state index in [9.17, 15) is 13.2 Å².